The van der Waals surface area contributed by atoms with E-state index in [1.807, 2.05) is 6.92 Å². The number of rotatable bonds is 7. The van der Waals surface area contributed by atoms with Gasteiger partial charge in [0.05, 0.1) is 0 Å². The largest absolute Gasteiger partial charge is 0.350 e. The van der Waals surface area contributed by atoms with Crippen LogP contribution in [0.1, 0.15) is 25.3 Å². The van der Waals surface area contributed by atoms with Gasteiger partial charge < -0.3 is 5.32 Å². The monoisotopic (exact) mass is 385 g/mol. The molecule has 1 heterocycles. The summed E-state index contributed by atoms with van der Waals surface area (Å²) >= 11 is 11.8. The number of halogens is 2. The fourth-order valence-electron chi connectivity index (χ4n) is 2.26. The van der Waals surface area contributed by atoms with Crippen LogP contribution in [0.4, 0.5) is 4.79 Å². The van der Waals surface area contributed by atoms with Crippen molar-refractivity contribution in [2.75, 3.05) is 13.1 Å². The summed E-state index contributed by atoms with van der Waals surface area (Å²) in [7, 11) is 0. The van der Waals surface area contributed by atoms with Crippen LogP contribution >= 0.6 is 23.2 Å². The smallest absolute Gasteiger partial charge is 0.334 e. The Morgan fingerprint density at radius 1 is 1.12 bits per heavy atom. The number of carbonyl (C=O) groups is 4. The molecule has 0 bridgehead atoms. The molecular formula is C16H17Cl2N3O4. The van der Waals surface area contributed by atoms with Crippen molar-refractivity contribution in [2.45, 2.75) is 26.3 Å². The van der Waals surface area contributed by atoms with Gasteiger partial charge in [0.25, 0.3) is 0 Å². The van der Waals surface area contributed by atoms with Crippen molar-refractivity contribution in [3.63, 3.8) is 0 Å². The highest BCUT2D eigenvalue weighted by molar-refractivity contribution is 6.45. The number of imide groups is 2. The van der Waals surface area contributed by atoms with Gasteiger partial charge in [-0.1, -0.05) is 42.6 Å². The van der Waals surface area contributed by atoms with Gasteiger partial charge in [-0.15, -0.1) is 0 Å². The van der Waals surface area contributed by atoms with Crippen LogP contribution in [-0.2, 0) is 20.9 Å². The summed E-state index contributed by atoms with van der Waals surface area (Å²) in [6.45, 7) is 1.66. The summed E-state index contributed by atoms with van der Waals surface area (Å²) in [5.74, 6) is -2.45. The second-order valence-electron chi connectivity index (χ2n) is 5.50. The van der Waals surface area contributed by atoms with Crippen molar-refractivity contribution in [2.24, 2.45) is 0 Å². The van der Waals surface area contributed by atoms with Crippen LogP contribution in [0.15, 0.2) is 18.2 Å². The minimum absolute atomic E-state index is 0.110. The van der Waals surface area contributed by atoms with Crippen LogP contribution in [-0.4, -0.2) is 46.6 Å². The molecular weight excluding hydrogens is 369 g/mol. The highest BCUT2D eigenvalue weighted by Gasteiger charge is 2.44. The Bertz CT molecular complexity index is 723. The molecule has 2 rings (SSSR count). The molecule has 1 fully saturated rings. The first-order valence-electron chi connectivity index (χ1n) is 7.73. The topological polar surface area (TPSA) is 86.8 Å². The van der Waals surface area contributed by atoms with E-state index in [2.05, 4.69) is 5.32 Å². The van der Waals surface area contributed by atoms with Gasteiger partial charge in [0.15, 0.2) is 0 Å². The summed E-state index contributed by atoms with van der Waals surface area (Å²) in [6, 6.07) is 4.07. The lowest BCUT2D eigenvalue weighted by atomic mass is 10.2. The predicted molar refractivity (Wildman–Crippen MR) is 92.0 cm³/mol. The zero-order valence-corrected chi connectivity index (χ0v) is 15.1. The van der Waals surface area contributed by atoms with Crippen LogP contribution in [0.3, 0.4) is 0 Å². The van der Waals surface area contributed by atoms with Crippen molar-refractivity contribution in [3.05, 3.63) is 33.8 Å². The van der Waals surface area contributed by atoms with E-state index in [0.717, 1.165) is 11.3 Å². The molecule has 0 radical (unpaired) electrons. The Hall–Kier alpha value is -2.12. The Balaban J connectivity index is 1.94. The van der Waals surface area contributed by atoms with Gasteiger partial charge in [-0.05, 0) is 24.1 Å². The van der Waals surface area contributed by atoms with Gasteiger partial charge in [-0.2, -0.15) is 0 Å². The Morgan fingerprint density at radius 2 is 1.80 bits per heavy atom. The number of urea groups is 1. The van der Waals surface area contributed by atoms with Crippen molar-refractivity contribution < 1.29 is 19.2 Å². The lowest BCUT2D eigenvalue weighted by Gasteiger charge is -2.15. The van der Waals surface area contributed by atoms with Crippen molar-refractivity contribution >= 4 is 47.0 Å². The minimum Gasteiger partial charge on any atom is -0.350 e. The van der Waals surface area contributed by atoms with Gasteiger partial charge in [0.2, 0.25) is 5.91 Å². The number of benzene rings is 1. The maximum Gasteiger partial charge on any atom is 0.334 e. The fourth-order valence-corrected chi connectivity index (χ4v) is 2.74. The van der Waals surface area contributed by atoms with E-state index in [9.17, 15) is 19.2 Å². The third-order valence-electron chi connectivity index (χ3n) is 3.66. The Morgan fingerprint density at radius 3 is 2.44 bits per heavy atom. The van der Waals surface area contributed by atoms with E-state index in [4.69, 9.17) is 23.2 Å². The second kappa shape index (κ2) is 8.31. The highest BCUT2D eigenvalue weighted by atomic mass is 35.5. The number of nitrogens with zero attached hydrogens (tertiary/aromatic N) is 2. The summed E-state index contributed by atoms with van der Waals surface area (Å²) in [5.41, 5.74) is 0.638. The van der Waals surface area contributed by atoms with Gasteiger partial charge in [-0.25, -0.2) is 9.69 Å². The Labute approximate surface area is 154 Å². The number of hydrogen-bond donors (Lipinski definition) is 1. The molecule has 9 heteroatoms. The molecule has 1 aliphatic rings. The number of unbranched alkanes of at least 4 members (excludes halogenated alkanes) is 1. The zero-order valence-electron chi connectivity index (χ0n) is 13.6. The third-order valence-corrected chi connectivity index (χ3v) is 4.25. The normalized spacial score (nSPS) is 14.4. The maximum atomic E-state index is 12.1. The first kappa shape index (κ1) is 19.2. The molecule has 0 unspecified atom stereocenters. The lowest BCUT2D eigenvalue weighted by Crippen LogP contribution is -2.41. The molecule has 7 nitrogen and oxygen atoms in total. The molecule has 134 valence electrons. The molecule has 0 spiro atoms. The maximum absolute atomic E-state index is 12.1. The van der Waals surface area contributed by atoms with Crippen LogP contribution in [0, 0.1) is 0 Å². The molecule has 5 amide bonds. The van der Waals surface area contributed by atoms with Crippen LogP contribution in [0.2, 0.25) is 10.0 Å². The lowest BCUT2D eigenvalue weighted by molar-refractivity contribution is -0.144. The summed E-state index contributed by atoms with van der Waals surface area (Å²) in [4.78, 5) is 49.4. The Kier molecular flexibility index (Phi) is 6.39. The fraction of sp³-hybridized carbons (Fsp3) is 0.375. The summed E-state index contributed by atoms with van der Waals surface area (Å²) in [5, 5.41) is 3.42. The third kappa shape index (κ3) is 4.49. The van der Waals surface area contributed by atoms with E-state index in [-0.39, 0.29) is 13.1 Å². The molecule has 1 aromatic rings. The van der Waals surface area contributed by atoms with E-state index in [1.165, 1.54) is 0 Å². The average molecular weight is 386 g/mol. The average Bonchev–Trinajstić information content (AvgIpc) is 2.76. The predicted octanol–water partition coefficient (Wildman–Crippen LogP) is 2.20. The van der Waals surface area contributed by atoms with Gasteiger partial charge in [0.1, 0.15) is 6.54 Å². The number of amides is 5. The van der Waals surface area contributed by atoms with Crippen LogP contribution < -0.4 is 5.32 Å². The van der Waals surface area contributed by atoms with Crippen LogP contribution in [0.25, 0.3) is 0 Å². The van der Waals surface area contributed by atoms with Crippen LogP contribution in [0.5, 0.6) is 0 Å². The quantitative estimate of drug-likeness (QED) is 0.575. The second-order valence-corrected chi connectivity index (χ2v) is 6.34. The van der Waals surface area contributed by atoms with E-state index < -0.39 is 30.3 Å². The highest BCUT2D eigenvalue weighted by Crippen LogP contribution is 2.20. The first-order chi connectivity index (χ1) is 11.8. The van der Waals surface area contributed by atoms with E-state index in [1.54, 1.807) is 18.2 Å². The number of nitrogens with one attached hydrogen (secondary N) is 1. The summed E-state index contributed by atoms with van der Waals surface area (Å²) < 4.78 is 0. The minimum atomic E-state index is -0.985. The van der Waals surface area contributed by atoms with Crippen molar-refractivity contribution in [3.8, 4) is 0 Å². The molecule has 0 atom stereocenters. The molecule has 25 heavy (non-hydrogen) atoms. The first-order valence-corrected chi connectivity index (χ1v) is 8.48. The van der Waals surface area contributed by atoms with Crippen molar-refractivity contribution in [1.82, 2.24) is 15.1 Å². The molecule has 1 N–H and O–H groups in total. The molecule has 1 saturated heterocycles. The molecule has 0 aromatic heterocycles. The van der Waals surface area contributed by atoms with Gasteiger partial charge in [0, 0.05) is 23.1 Å². The molecule has 0 saturated carbocycles. The molecule has 0 aliphatic carbocycles. The molecule has 1 aromatic carbocycles. The number of carbonyl (C=O) groups excluding carboxylic acids is 4. The van der Waals surface area contributed by atoms with E-state index >= 15 is 0 Å². The van der Waals surface area contributed by atoms with Gasteiger partial charge in [-0.3, -0.25) is 19.3 Å². The number of hydrogen-bond acceptors (Lipinski definition) is 4. The standard InChI is InChI=1S/C16H17Cl2N3O4/c1-2-3-6-20-14(23)15(24)21(16(20)25)9-13(22)19-8-10-4-5-11(17)7-12(10)18/h4-5,7H,2-3,6,8-9H2,1H3,(H,19,22). The molecule has 1 aliphatic heterocycles. The van der Waals surface area contributed by atoms with Crippen molar-refractivity contribution in [1.29, 1.82) is 0 Å². The van der Waals surface area contributed by atoms with Gasteiger partial charge >= 0.3 is 17.8 Å². The summed E-state index contributed by atoms with van der Waals surface area (Å²) in [6.07, 6.45) is 1.37. The van der Waals surface area contributed by atoms with E-state index in [0.29, 0.717) is 26.9 Å². The SMILES string of the molecule is CCCCN1C(=O)C(=O)N(CC(=O)NCc2ccc(Cl)cc2Cl)C1=O. The zero-order chi connectivity index (χ0) is 18.6.